The van der Waals surface area contributed by atoms with Gasteiger partial charge in [0.2, 0.25) is 0 Å². The van der Waals surface area contributed by atoms with Crippen LogP contribution in [0.25, 0.3) is 10.8 Å². The van der Waals surface area contributed by atoms with Crippen molar-refractivity contribution in [1.29, 1.82) is 0 Å². The van der Waals surface area contributed by atoms with Crippen molar-refractivity contribution in [2.45, 2.75) is 18.6 Å². The second kappa shape index (κ2) is 7.44. The molecule has 1 aliphatic rings. The molecule has 1 saturated heterocycles. The molecule has 0 radical (unpaired) electrons. The van der Waals surface area contributed by atoms with E-state index in [-0.39, 0.29) is 24.5 Å². The average Bonchev–Trinajstić information content (AvgIpc) is 2.62. The molecule has 0 spiro atoms. The molecule has 2 atom stereocenters. The molecule has 122 valence electrons. The molecule has 0 bridgehead atoms. The SMILES string of the molecule is COC(=O)CC(Nc1cccc2ccccc12)C1COCCO1. The minimum atomic E-state index is -0.267. The van der Waals surface area contributed by atoms with Gasteiger partial charge in [-0.3, -0.25) is 4.79 Å². The predicted octanol–water partition coefficient (Wildman–Crippen LogP) is 2.60. The van der Waals surface area contributed by atoms with Crippen molar-refractivity contribution in [1.82, 2.24) is 0 Å². The molecule has 0 aliphatic carbocycles. The molecule has 1 N–H and O–H groups in total. The number of carbonyl (C=O) groups is 1. The summed E-state index contributed by atoms with van der Waals surface area (Å²) >= 11 is 0. The summed E-state index contributed by atoms with van der Waals surface area (Å²) in [7, 11) is 1.40. The summed E-state index contributed by atoms with van der Waals surface area (Å²) in [5.74, 6) is -0.267. The molecule has 0 saturated carbocycles. The molecule has 1 aliphatic heterocycles. The highest BCUT2D eigenvalue weighted by Gasteiger charge is 2.28. The fourth-order valence-corrected chi connectivity index (χ4v) is 2.83. The van der Waals surface area contributed by atoms with E-state index in [0.29, 0.717) is 19.8 Å². The number of fused-ring (bicyclic) bond motifs is 1. The molecule has 3 rings (SSSR count). The molecule has 0 amide bonds. The van der Waals surface area contributed by atoms with Gasteiger partial charge in [0.05, 0.1) is 39.4 Å². The van der Waals surface area contributed by atoms with E-state index in [1.165, 1.54) is 7.11 Å². The van der Waals surface area contributed by atoms with Crippen LogP contribution in [0.4, 0.5) is 5.69 Å². The van der Waals surface area contributed by atoms with Crippen LogP contribution in [-0.4, -0.2) is 45.0 Å². The van der Waals surface area contributed by atoms with Crippen molar-refractivity contribution < 1.29 is 19.0 Å². The monoisotopic (exact) mass is 315 g/mol. The number of hydrogen-bond donors (Lipinski definition) is 1. The Labute approximate surface area is 135 Å². The van der Waals surface area contributed by atoms with Gasteiger partial charge >= 0.3 is 5.97 Å². The summed E-state index contributed by atoms with van der Waals surface area (Å²) in [6, 6.07) is 14.0. The molecule has 2 aromatic rings. The maximum atomic E-state index is 11.8. The van der Waals surface area contributed by atoms with Crippen molar-refractivity contribution in [3.8, 4) is 0 Å². The van der Waals surface area contributed by atoms with E-state index >= 15 is 0 Å². The molecule has 5 nitrogen and oxygen atoms in total. The first-order chi connectivity index (χ1) is 11.3. The minimum absolute atomic E-state index is 0.179. The quantitative estimate of drug-likeness (QED) is 0.860. The highest BCUT2D eigenvalue weighted by molar-refractivity contribution is 5.94. The van der Waals surface area contributed by atoms with Crippen LogP contribution < -0.4 is 5.32 Å². The number of anilines is 1. The molecular formula is C18H21NO4. The van der Waals surface area contributed by atoms with Gasteiger partial charge in [0.15, 0.2) is 0 Å². The van der Waals surface area contributed by atoms with Crippen LogP contribution in [0.3, 0.4) is 0 Å². The Morgan fingerprint density at radius 3 is 2.87 bits per heavy atom. The first-order valence-electron chi connectivity index (χ1n) is 7.78. The van der Waals surface area contributed by atoms with Crippen LogP contribution in [0.1, 0.15) is 6.42 Å². The molecule has 5 heteroatoms. The van der Waals surface area contributed by atoms with Gasteiger partial charge in [-0.15, -0.1) is 0 Å². The number of rotatable bonds is 5. The zero-order chi connectivity index (χ0) is 16.1. The molecule has 2 aromatic carbocycles. The largest absolute Gasteiger partial charge is 0.469 e. The summed E-state index contributed by atoms with van der Waals surface area (Å²) in [6.07, 6.45) is 0.0510. The standard InChI is InChI=1S/C18H21NO4/c1-21-18(20)11-16(17-12-22-9-10-23-17)19-15-8-4-6-13-5-2-3-7-14(13)15/h2-8,16-17,19H,9-12H2,1H3. The first kappa shape index (κ1) is 15.8. The second-order valence-corrected chi connectivity index (χ2v) is 5.54. The normalized spacial score (nSPS) is 19.3. The lowest BCUT2D eigenvalue weighted by Crippen LogP contribution is -2.44. The molecule has 2 unspecified atom stereocenters. The highest BCUT2D eigenvalue weighted by Crippen LogP contribution is 2.25. The lowest BCUT2D eigenvalue weighted by Gasteiger charge is -2.31. The summed E-state index contributed by atoms with van der Waals surface area (Å²) in [5.41, 5.74) is 0.978. The van der Waals surface area contributed by atoms with E-state index in [2.05, 4.69) is 23.5 Å². The number of nitrogens with one attached hydrogen (secondary N) is 1. The Morgan fingerprint density at radius 1 is 1.26 bits per heavy atom. The average molecular weight is 315 g/mol. The molecule has 1 heterocycles. The van der Waals surface area contributed by atoms with Crippen LogP contribution >= 0.6 is 0 Å². The Hall–Kier alpha value is -2.11. The van der Waals surface area contributed by atoms with E-state index in [9.17, 15) is 4.79 Å². The van der Waals surface area contributed by atoms with Gasteiger partial charge in [-0.25, -0.2) is 0 Å². The number of carbonyl (C=O) groups excluding carboxylic acids is 1. The van der Waals surface area contributed by atoms with Gasteiger partial charge in [0.1, 0.15) is 6.10 Å². The molecule has 0 aromatic heterocycles. The number of methoxy groups -OCH3 is 1. The fourth-order valence-electron chi connectivity index (χ4n) is 2.83. The maximum Gasteiger partial charge on any atom is 0.307 e. The van der Waals surface area contributed by atoms with E-state index in [4.69, 9.17) is 14.2 Å². The van der Waals surface area contributed by atoms with Crippen LogP contribution in [-0.2, 0) is 19.0 Å². The van der Waals surface area contributed by atoms with E-state index in [1.54, 1.807) is 0 Å². The third-order valence-corrected chi connectivity index (χ3v) is 4.04. The third kappa shape index (κ3) is 3.81. The van der Waals surface area contributed by atoms with Crippen LogP contribution in [0, 0.1) is 0 Å². The number of hydrogen-bond acceptors (Lipinski definition) is 5. The number of esters is 1. The van der Waals surface area contributed by atoms with Crippen molar-refractivity contribution in [2.75, 3.05) is 32.2 Å². The van der Waals surface area contributed by atoms with Gasteiger partial charge in [-0.05, 0) is 11.5 Å². The Balaban J connectivity index is 1.85. The first-order valence-corrected chi connectivity index (χ1v) is 7.78. The fraction of sp³-hybridized carbons (Fsp3) is 0.389. The lowest BCUT2D eigenvalue weighted by molar-refractivity contribution is -0.143. The topological polar surface area (TPSA) is 56.8 Å². The van der Waals surface area contributed by atoms with Gasteiger partial charge in [0, 0.05) is 11.1 Å². The third-order valence-electron chi connectivity index (χ3n) is 4.04. The number of benzene rings is 2. The Morgan fingerprint density at radius 2 is 2.09 bits per heavy atom. The van der Waals surface area contributed by atoms with E-state index in [0.717, 1.165) is 16.5 Å². The zero-order valence-electron chi connectivity index (χ0n) is 13.2. The Kier molecular flexibility index (Phi) is 5.10. The summed E-state index contributed by atoms with van der Waals surface area (Å²) in [5, 5.41) is 5.71. The zero-order valence-corrected chi connectivity index (χ0v) is 13.2. The van der Waals surface area contributed by atoms with Crippen molar-refractivity contribution in [3.63, 3.8) is 0 Å². The minimum Gasteiger partial charge on any atom is -0.469 e. The van der Waals surface area contributed by atoms with Crippen molar-refractivity contribution >= 4 is 22.4 Å². The molecule has 23 heavy (non-hydrogen) atoms. The summed E-state index contributed by atoms with van der Waals surface area (Å²) < 4.78 is 16.1. The Bertz CT molecular complexity index is 662. The highest BCUT2D eigenvalue weighted by atomic mass is 16.6. The van der Waals surface area contributed by atoms with Gasteiger partial charge in [-0.1, -0.05) is 36.4 Å². The molecular weight excluding hydrogens is 294 g/mol. The van der Waals surface area contributed by atoms with Gasteiger partial charge in [0.25, 0.3) is 0 Å². The second-order valence-electron chi connectivity index (χ2n) is 5.54. The summed E-state index contributed by atoms with van der Waals surface area (Å²) in [4.78, 5) is 11.8. The summed E-state index contributed by atoms with van der Waals surface area (Å²) in [6.45, 7) is 1.61. The predicted molar refractivity (Wildman–Crippen MR) is 88.6 cm³/mol. The van der Waals surface area contributed by atoms with Crippen LogP contribution in [0.15, 0.2) is 42.5 Å². The van der Waals surface area contributed by atoms with Crippen molar-refractivity contribution in [2.24, 2.45) is 0 Å². The van der Waals surface area contributed by atoms with Crippen LogP contribution in [0.2, 0.25) is 0 Å². The van der Waals surface area contributed by atoms with Crippen LogP contribution in [0.5, 0.6) is 0 Å². The number of ether oxygens (including phenoxy) is 3. The van der Waals surface area contributed by atoms with Gasteiger partial charge in [-0.2, -0.15) is 0 Å². The van der Waals surface area contributed by atoms with E-state index < -0.39 is 0 Å². The lowest BCUT2D eigenvalue weighted by atomic mass is 10.0. The molecule has 1 fully saturated rings. The maximum absolute atomic E-state index is 11.8. The van der Waals surface area contributed by atoms with Crippen molar-refractivity contribution in [3.05, 3.63) is 42.5 Å². The smallest absolute Gasteiger partial charge is 0.307 e. The van der Waals surface area contributed by atoms with Gasteiger partial charge < -0.3 is 19.5 Å². The van der Waals surface area contributed by atoms with E-state index in [1.807, 2.05) is 24.3 Å².